The number of nitrogens with two attached hydrogens (primary N) is 1. The predicted molar refractivity (Wildman–Crippen MR) is 122 cm³/mol. The maximum atomic E-state index is 12.4. The second-order valence-corrected chi connectivity index (χ2v) is 7.63. The van der Waals surface area contributed by atoms with E-state index < -0.39 is 5.91 Å². The van der Waals surface area contributed by atoms with Gasteiger partial charge in [0.25, 0.3) is 5.91 Å². The summed E-state index contributed by atoms with van der Waals surface area (Å²) in [6, 6.07) is 14.7. The van der Waals surface area contributed by atoms with Gasteiger partial charge in [-0.25, -0.2) is 0 Å². The summed E-state index contributed by atoms with van der Waals surface area (Å²) in [6.07, 6.45) is 7.59. The molecule has 0 saturated heterocycles. The van der Waals surface area contributed by atoms with Gasteiger partial charge in [0, 0.05) is 30.3 Å². The molecule has 0 aliphatic carbocycles. The standard InChI is InChI=1S/C24H25N5O3/c25-21(30)16-32-20-11-8-17(9-12-20)10-13-23(31)26-19-6-4-5-18(15-19)24-28-27-22-7-2-1-3-14-29(22)24/h4-6,8-13,15H,1-3,7,14,16H2,(H2,25,30)(H,26,31)/b13-10+. The molecule has 0 unspecified atom stereocenters. The van der Waals surface area contributed by atoms with Crippen LogP contribution in [0.4, 0.5) is 5.69 Å². The molecular weight excluding hydrogens is 406 g/mol. The molecular formula is C24H25N5O3. The number of carbonyl (C=O) groups excluding carboxylic acids is 2. The fourth-order valence-electron chi connectivity index (χ4n) is 3.62. The summed E-state index contributed by atoms with van der Waals surface area (Å²) in [6.45, 7) is 0.748. The second kappa shape index (κ2) is 9.91. The van der Waals surface area contributed by atoms with E-state index in [1.165, 1.54) is 12.5 Å². The van der Waals surface area contributed by atoms with Crippen LogP contribution in [-0.4, -0.2) is 33.2 Å². The van der Waals surface area contributed by atoms with E-state index in [4.69, 9.17) is 10.5 Å². The van der Waals surface area contributed by atoms with Crippen LogP contribution in [0.5, 0.6) is 5.75 Å². The van der Waals surface area contributed by atoms with Gasteiger partial charge in [-0.15, -0.1) is 10.2 Å². The van der Waals surface area contributed by atoms with Crippen LogP contribution in [0.2, 0.25) is 0 Å². The number of aromatic nitrogens is 3. The Morgan fingerprint density at radius 3 is 2.75 bits per heavy atom. The van der Waals surface area contributed by atoms with Gasteiger partial charge in [0.2, 0.25) is 5.91 Å². The number of aryl methyl sites for hydroxylation is 1. The molecule has 1 aliphatic rings. The number of anilines is 1. The summed E-state index contributed by atoms with van der Waals surface area (Å²) in [5.41, 5.74) is 7.51. The van der Waals surface area contributed by atoms with E-state index in [9.17, 15) is 9.59 Å². The maximum absolute atomic E-state index is 12.4. The van der Waals surface area contributed by atoms with Crippen molar-refractivity contribution in [2.24, 2.45) is 5.73 Å². The fourth-order valence-corrected chi connectivity index (χ4v) is 3.62. The highest BCUT2D eigenvalue weighted by atomic mass is 16.5. The number of carbonyl (C=O) groups is 2. The van der Waals surface area contributed by atoms with E-state index in [-0.39, 0.29) is 12.5 Å². The number of nitrogens with zero attached hydrogens (tertiary/aromatic N) is 3. The lowest BCUT2D eigenvalue weighted by Crippen LogP contribution is -2.19. The van der Waals surface area contributed by atoms with Crippen LogP contribution in [0.1, 0.15) is 30.7 Å². The molecule has 0 atom stereocenters. The molecule has 1 aliphatic heterocycles. The Morgan fingerprint density at radius 2 is 1.94 bits per heavy atom. The smallest absolute Gasteiger partial charge is 0.255 e. The second-order valence-electron chi connectivity index (χ2n) is 7.63. The first-order valence-corrected chi connectivity index (χ1v) is 10.6. The van der Waals surface area contributed by atoms with Gasteiger partial charge in [0.05, 0.1) is 0 Å². The number of amides is 2. The van der Waals surface area contributed by atoms with Crippen molar-refractivity contribution >= 4 is 23.6 Å². The zero-order chi connectivity index (χ0) is 22.3. The van der Waals surface area contributed by atoms with Crippen molar-refractivity contribution in [2.75, 3.05) is 11.9 Å². The third kappa shape index (κ3) is 5.40. The van der Waals surface area contributed by atoms with Crippen molar-refractivity contribution in [1.82, 2.24) is 14.8 Å². The highest BCUT2D eigenvalue weighted by Crippen LogP contribution is 2.25. The first-order chi connectivity index (χ1) is 15.6. The molecule has 2 aromatic carbocycles. The number of fused-ring (bicyclic) bond motifs is 1. The Morgan fingerprint density at radius 1 is 1.09 bits per heavy atom. The molecule has 0 spiro atoms. The van der Waals surface area contributed by atoms with E-state index >= 15 is 0 Å². The highest BCUT2D eigenvalue weighted by molar-refractivity contribution is 6.02. The number of nitrogens with one attached hydrogen (secondary N) is 1. The highest BCUT2D eigenvalue weighted by Gasteiger charge is 2.16. The third-order valence-corrected chi connectivity index (χ3v) is 5.19. The van der Waals surface area contributed by atoms with Crippen molar-refractivity contribution in [3.05, 3.63) is 66.0 Å². The van der Waals surface area contributed by atoms with Gasteiger partial charge in [-0.1, -0.05) is 30.7 Å². The Bertz CT molecular complexity index is 1130. The Balaban J connectivity index is 1.40. The molecule has 0 saturated carbocycles. The van der Waals surface area contributed by atoms with Crippen LogP contribution in [-0.2, 0) is 22.6 Å². The lowest BCUT2D eigenvalue weighted by molar-refractivity contribution is -0.120. The van der Waals surface area contributed by atoms with Crippen LogP contribution in [0.3, 0.4) is 0 Å². The monoisotopic (exact) mass is 431 g/mol. The van der Waals surface area contributed by atoms with Crippen molar-refractivity contribution < 1.29 is 14.3 Å². The molecule has 2 amide bonds. The normalized spacial score (nSPS) is 13.4. The summed E-state index contributed by atoms with van der Waals surface area (Å²) in [5.74, 6) is 1.63. The summed E-state index contributed by atoms with van der Waals surface area (Å²) < 4.78 is 7.41. The molecule has 0 fully saturated rings. The first-order valence-electron chi connectivity index (χ1n) is 10.6. The minimum absolute atomic E-state index is 0.172. The quantitative estimate of drug-likeness (QED) is 0.558. The van der Waals surface area contributed by atoms with E-state index in [0.29, 0.717) is 11.4 Å². The van der Waals surface area contributed by atoms with Crippen LogP contribution >= 0.6 is 0 Å². The zero-order valence-electron chi connectivity index (χ0n) is 17.7. The van der Waals surface area contributed by atoms with Gasteiger partial charge >= 0.3 is 0 Å². The minimum Gasteiger partial charge on any atom is -0.484 e. The molecule has 8 nitrogen and oxygen atoms in total. The van der Waals surface area contributed by atoms with Crippen molar-refractivity contribution in [3.63, 3.8) is 0 Å². The fraction of sp³-hybridized carbons (Fsp3) is 0.250. The van der Waals surface area contributed by atoms with Gasteiger partial charge in [0.15, 0.2) is 12.4 Å². The average Bonchev–Trinajstić information content (AvgIpc) is 3.05. The van der Waals surface area contributed by atoms with Crippen LogP contribution in [0.25, 0.3) is 17.5 Å². The van der Waals surface area contributed by atoms with Crippen molar-refractivity contribution in [1.29, 1.82) is 0 Å². The van der Waals surface area contributed by atoms with E-state index in [2.05, 4.69) is 20.1 Å². The molecule has 8 heteroatoms. The van der Waals surface area contributed by atoms with E-state index in [0.717, 1.165) is 48.6 Å². The Hall–Kier alpha value is -3.94. The minimum atomic E-state index is -0.533. The molecule has 32 heavy (non-hydrogen) atoms. The number of hydrogen-bond acceptors (Lipinski definition) is 5. The number of primary amides is 1. The van der Waals surface area contributed by atoms with Gasteiger partial charge in [-0.05, 0) is 48.7 Å². The third-order valence-electron chi connectivity index (χ3n) is 5.19. The number of ether oxygens (including phenoxy) is 1. The summed E-state index contributed by atoms with van der Waals surface area (Å²) in [5, 5.41) is 11.6. The Labute approximate surface area is 186 Å². The molecule has 1 aromatic heterocycles. The average molecular weight is 431 g/mol. The molecule has 0 bridgehead atoms. The molecule has 4 rings (SSSR count). The molecule has 2 heterocycles. The van der Waals surface area contributed by atoms with Crippen molar-refractivity contribution in [2.45, 2.75) is 32.2 Å². The van der Waals surface area contributed by atoms with Gasteiger partial charge in [-0.2, -0.15) is 0 Å². The lowest BCUT2D eigenvalue weighted by atomic mass is 10.1. The SMILES string of the molecule is NC(=O)COc1ccc(/C=C/C(=O)Nc2cccc(-c3nnc4n3CCCCC4)c2)cc1. The molecule has 164 valence electrons. The maximum Gasteiger partial charge on any atom is 0.255 e. The van der Waals surface area contributed by atoms with Gasteiger partial charge in [-0.3, -0.25) is 9.59 Å². The number of rotatable bonds is 7. The summed E-state index contributed by atoms with van der Waals surface area (Å²) in [7, 11) is 0. The largest absolute Gasteiger partial charge is 0.484 e. The molecule has 3 aromatic rings. The Kier molecular flexibility index (Phi) is 6.60. The summed E-state index contributed by atoms with van der Waals surface area (Å²) >= 11 is 0. The van der Waals surface area contributed by atoms with Gasteiger partial charge < -0.3 is 20.4 Å². The van der Waals surface area contributed by atoms with Crippen LogP contribution in [0.15, 0.2) is 54.6 Å². The molecule has 3 N–H and O–H groups in total. The zero-order valence-corrected chi connectivity index (χ0v) is 17.7. The van der Waals surface area contributed by atoms with Crippen molar-refractivity contribution in [3.8, 4) is 17.1 Å². The van der Waals surface area contributed by atoms with Crippen LogP contribution in [0, 0.1) is 0 Å². The van der Waals surface area contributed by atoms with E-state index in [1.807, 2.05) is 24.3 Å². The number of benzene rings is 2. The van der Waals surface area contributed by atoms with Gasteiger partial charge in [0.1, 0.15) is 11.6 Å². The lowest BCUT2D eigenvalue weighted by Gasteiger charge is -2.09. The predicted octanol–water partition coefficient (Wildman–Crippen LogP) is 3.19. The first kappa shape index (κ1) is 21.3. The topological polar surface area (TPSA) is 112 Å². The van der Waals surface area contributed by atoms with E-state index in [1.54, 1.807) is 30.3 Å². The summed E-state index contributed by atoms with van der Waals surface area (Å²) in [4.78, 5) is 23.2. The van der Waals surface area contributed by atoms with Crippen LogP contribution < -0.4 is 15.8 Å². The molecule has 0 radical (unpaired) electrons. The number of hydrogen-bond donors (Lipinski definition) is 2.